The maximum absolute atomic E-state index is 5.50. The molecule has 11 heavy (non-hydrogen) atoms. The molecule has 60 valence electrons. The Balaban J connectivity index is 1.95. The number of nitrogen functional groups attached to an aromatic ring is 1. The van der Waals surface area contributed by atoms with E-state index in [4.69, 9.17) is 10.5 Å². The van der Waals surface area contributed by atoms with E-state index in [2.05, 4.69) is 4.98 Å². The summed E-state index contributed by atoms with van der Waals surface area (Å²) in [4.78, 5) is 4.01. The SMILES string of the molecule is Nc1csc(OC2CCC2)n1. The van der Waals surface area contributed by atoms with Gasteiger partial charge in [0, 0.05) is 5.38 Å². The van der Waals surface area contributed by atoms with Crippen molar-refractivity contribution in [3.05, 3.63) is 5.38 Å². The van der Waals surface area contributed by atoms with Gasteiger partial charge < -0.3 is 10.5 Å². The minimum atomic E-state index is 0.403. The molecule has 0 atom stereocenters. The summed E-state index contributed by atoms with van der Waals surface area (Å²) in [5.74, 6) is 0.560. The molecule has 1 aliphatic rings. The molecule has 0 unspecified atom stereocenters. The van der Waals surface area contributed by atoms with Crippen LogP contribution >= 0.6 is 11.3 Å². The summed E-state index contributed by atoms with van der Waals surface area (Å²) in [5, 5.41) is 2.51. The van der Waals surface area contributed by atoms with E-state index in [9.17, 15) is 0 Å². The monoisotopic (exact) mass is 170 g/mol. The van der Waals surface area contributed by atoms with Crippen LogP contribution in [0.3, 0.4) is 0 Å². The van der Waals surface area contributed by atoms with Crippen LogP contribution in [0, 0.1) is 0 Å². The van der Waals surface area contributed by atoms with Gasteiger partial charge in [0.25, 0.3) is 5.19 Å². The summed E-state index contributed by atoms with van der Waals surface area (Å²) in [7, 11) is 0. The number of hydrogen-bond acceptors (Lipinski definition) is 4. The lowest BCUT2D eigenvalue weighted by atomic mass is 9.96. The van der Waals surface area contributed by atoms with Crippen molar-refractivity contribution < 1.29 is 4.74 Å². The first-order chi connectivity index (χ1) is 5.34. The van der Waals surface area contributed by atoms with Crippen molar-refractivity contribution in [2.75, 3.05) is 5.73 Å². The number of thiazole rings is 1. The highest BCUT2D eigenvalue weighted by Crippen LogP contribution is 2.27. The zero-order valence-corrected chi connectivity index (χ0v) is 6.93. The van der Waals surface area contributed by atoms with Crippen molar-refractivity contribution in [3.8, 4) is 5.19 Å². The number of nitrogens with zero attached hydrogens (tertiary/aromatic N) is 1. The topological polar surface area (TPSA) is 48.1 Å². The first kappa shape index (κ1) is 6.91. The Bertz CT molecular complexity index is 244. The Hall–Kier alpha value is -0.770. The third kappa shape index (κ3) is 1.45. The van der Waals surface area contributed by atoms with Crippen molar-refractivity contribution in [3.63, 3.8) is 0 Å². The molecule has 1 heterocycles. The number of rotatable bonds is 2. The van der Waals surface area contributed by atoms with Gasteiger partial charge in [0.05, 0.1) is 0 Å². The molecular weight excluding hydrogens is 160 g/mol. The molecule has 2 rings (SSSR count). The van der Waals surface area contributed by atoms with Crippen LogP contribution in [0.15, 0.2) is 5.38 Å². The van der Waals surface area contributed by atoms with E-state index in [1.807, 2.05) is 0 Å². The van der Waals surface area contributed by atoms with Gasteiger partial charge in [-0.25, -0.2) is 0 Å². The van der Waals surface area contributed by atoms with Gasteiger partial charge in [-0.2, -0.15) is 4.98 Å². The number of aromatic nitrogens is 1. The summed E-state index contributed by atoms with van der Waals surface area (Å²) < 4.78 is 5.50. The van der Waals surface area contributed by atoms with Gasteiger partial charge in [-0.3, -0.25) is 0 Å². The van der Waals surface area contributed by atoms with Crippen molar-refractivity contribution >= 4 is 17.2 Å². The van der Waals surface area contributed by atoms with E-state index in [0.717, 1.165) is 0 Å². The summed E-state index contributed by atoms with van der Waals surface area (Å²) in [6, 6.07) is 0. The van der Waals surface area contributed by atoms with Gasteiger partial charge in [0.2, 0.25) is 0 Å². The number of nitrogens with two attached hydrogens (primary N) is 1. The summed E-state index contributed by atoms with van der Waals surface area (Å²) in [5.41, 5.74) is 5.43. The van der Waals surface area contributed by atoms with E-state index in [0.29, 0.717) is 17.1 Å². The molecule has 1 fully saturated rings. The lowest BCUT2D eigenvalue weighted by Gasteiger charge is -2.24. The molecule has 0 bridgehead atoms. The molecule has 1 aromatic heterocycles. The first-order valence-electron chi connectivity index (χ1n) is 3.72. The molecule has 3 nitrogen and oxygen atoms in total. The smallest absolute Gasteiger partial charge is 0.275 e. The number of hydrogen-bond donors (Lipinski definition) is 1. The van der Waals surface area contributed by atoms with Crippen LogP contribution in [-0.4, -0.2) is 11.1 Å². The lowest BCUT2D eigenvalue weighted by Crippen LogP contribution is -2.24. The molecule has 0 aromatic carbocycles. The predicted molar refractivity (Wildman–Crippen MR) is 44.8 cm³/mol. The van der Waals surface area contributed by atoms with Crippen LogP contribution in [0.4, 0.5) is 5.82 Å². The summed E-state index contributed by atoms with van der Waals surface area (Å²) in [6.07, 6.45) is 4.02. The zero-order valence-electron chi connectivity index (χ0n) is 6.12. The van der Waals surface area contributed by atoms with E-state index in [-0.39, 0.29) is 0 Å². The Morgan fingerprint density at radius 2 is 2.45 bits per heavy atom. The first-order valence-corrected chi connectivity index (χ1v) is 4.60. The maximum Gasteiger partial charge on any atom is 0.275 e. The Kier molecular flexibility index (Phi) is 1.69. The molecule has 2 N–H and O–H groups in total. The normalized spacial score (nSPS) is 17.8. The fourth-order valence-corrected chi connectivity index (χ4v) is 1.58. The van der Waals surface area contributed by atoms with E-state index >= 15 is 0 Å². The Morgan fingerprint density at radius 1 is 1.64 bits per heavy atom. The quantitative estimate of drug-likeness (QED) is 0.734. The van der Waals surface area contributed by atoms with Gasteiger partial charge in [0.1, 0.15) is 11.9 Å². The summed E-state index contributed by atoms with van der Waals surface area (Å²) >= 11 is 1.47. The van der Waals surface area contributed by atoms with Gasteiger partial charge in [-0.1, -0.05) is 11.3 Å². The van der Waals surface area contributed by atoms with E-state index < -0.39 is 0 Å². The fourth-order valence-electron chi connectivity index (χ4n) is 0.954. The zero-order chi connectivity index (χ0) is 7.68. The Labute approximate surface area is 69.2 Å². The van der Waals surface area contributed by atoms with Gasteiger partial charge in [0.15, 0.2) is 0 Å². The average molecular weight is 170 g/mol. The van der Waals surface area contributed by atoms with Gasteiger partial charge in [-0.05, 0) is 19.3 Å². The molecule has 0 amide bonds. The molecule has 1 aromatic rings. The van der Waals surface area contributed by atoms with Crippen molar-refractivity contribution in [2.45, 2.75) is 25.4 Å². The molecule has 0 radical (unpaired) electrons. The highest BCUT2D eigenvalue weighted by Gasteiger charge is 2.19. The largest absolute Gasteiger partial charge is 0.467 e. The molecule has 1 aliphatic carbocycles. The summed E-state index contributed by atoms with van der Waals surface area (Å²) in [6.45, 7) is 0. The standard InChI is InChI=1S/C7H10N2OS/c8-6-4-11-7(9-6)10-5-2-1-3-5/h4-5H,1-3,8H2. The highest BCUT2D eigenvalue weighted by molar-refractivity contribution is 7.11. The van der Waals surface area contributed by atoms with Crippen LogP contribution in [0.25, 0.3) is 0 Å². The van der Waals surface area contributed by atoms with Crippen LogP contribution in [0.1, 0.15) is 19.3 Å². The lowest BCUT2D eigenvalue weighted by molar-refractivity contribution is 0.120. The van der Waals surface area contributed by atoms with Crippen molar-refractivity contribution in [2.24, 2.45) is 0 Å². The minimum Gasteiger partial charge on any atom is -0.467 e. The third-order valence-corrected chi connectivity index (χ3v) is 2.57. The number of ether oxygens (including phenoxy) is 1. The predicted octanol–water partition coefficient (Wildman–Crippen LogP) is 1.66. The highest BCUT2D eigenvalue weighted by atomic mass is 32.1. The molecular formula is C7H10N2OS. The molecule has 1 saturated carbocycles. The number of anilines is 1. The third-order valence-electron chi connectivity index (χ3n) is 1.82. The van der Waals surface area contributed by atoms with E-state index in [1.54, 1.807) is 5.38 Å². The molecule has 0 aliphatic heterocycles. The Morgan fingerprint density at radius 3 is 2.91 bits per heavy atom. The van der Waals surface area contributed by atoms with E-state index in [1.165, 1.54) is 30.6 Å². The molecule has 0 saturated heterocycles. The second-order valence-corrected chi connectivity index (χ2v) is 3.53. The van der Waals surface area contributed by atoms with Gasteiger partial charge >= 0.3 is 0 Å². The van der Waals surface area contributed by atoms with Crippen LogP contribution in [0.5, 0.6) is 5.19 Å². The molecule has 0 spiro atoms. The van der Waals surface area contributed by atoms with Crippen molar-refractivity contribution in [1.29, 1.82) is 0 Å². The average Bonchev–Trinajstić information content (AvgIpc) is 2.27. The minimum absolute atomic E-state index is 0.403. The fraction of sp³-hybridized carbons (Fsp3) is 0.571. The molecule has 4 heteroatoms. The maximum atomic E-state index is 5.50. The van der Waals surface area contributed by atoms with Crippen LogP contribution in [0.2, 0.25) is 0 Å². The van der Waals surface area contributed by atoms with Crippen LogP contribution < -0.4 is 10.5 Å². The second-order valence-electron chi connectivity index (χ2n) is 2.71. The van der Waals surface area contributed by atoms with Crippen molar-refractivity contribution in [1.82, 2.24) is 4.98 Å². The van der Waals surface area contributed by atoms with Gasteiger partial charge in [-0.15, -0.1) is 0 Å². The van der Waals surface area contributed by atoms with Crippen LogP contribution in [-0.2, 0) is 0 Å². The second kappa shape index (κ2) is 2.70.